The quantitative estimate of drug-likeness (QED) is 0.329. The number of ether oxygens (including phenoxy) is 1. The average Bonchev–Trinajstić information content (AvgIpc) is 2.91. The number of carbonyl (C=O) groups is 1. The normalized spacial score (nSPS) is 11.0. The first kappa shape index (κ1) is 25.0. The van der Waals surface area contributed by atoms with Gasteiger partial charge in [-0.3, -0.25) is 9.10 Å². The van der Waals surface area contributed by atoms with Gasteiger partial charge in [0.2, 0.25) is 0 Å². The van der Waals surface area contributed by atoms with Gasteiger partial charge >= 0.3 is 0 Å². The van der Waals surface area contributed by atoms with E-state index in [9.17, 15) is 13.2 Å². The van der Waals surface area contributed by atoms with Crippen LogP contribution in [0.15, 0.2) is 114 Å². The Morgan fingerprint density at radius 1 is 0.778 bits per heavy atom. The molecule has 0 saturated carbocycles. The Labute approximate surface area is 212 Å². The van der Waals surface area contributed by atoms with Crippen LogP contribution in [0.4, 0.5) is 5.69 Å². The van der Waals surface area contributed by atoms with E-state index in [1.165, 1.54) is 4.31 Å². The predicted octanol–water partition coefficient (Wildman–Crippen LogP) is 5.09. The lowest BCUT2D eigenvalue weighted by Gasteiger charge is -2.25. The Bertz CT molecular complexity index is 1370. The molecule has 0 saturated heterocycles. The second-order valence-corrected chi connectivity index (χ2v) is 10.2. The number of rotatable bonds is 10. The van der Waals surface area contributed by atoms with Gasteiger partial charge in [-0.1, -0.05) is 78.4 Å². The summed E-state index contributed by atoms with van der Waals surface area (Å²) in [5.74, 6) is 0.233. The van der Waals surface area contributed by atoms with Gasteiger partial charge in [0.15, 0.2) is 6.61 Å². The number of anilines is 1. The van der Waals surface area contributed by atoms with Crippen LogP contribution in [0.25, 0.3) is 0 Å². The summed E-state index contributed by atoms with van der Waals surface area (Å²) in [6.45, 7) is 2.38. The Balaban J connectivity index is 1.47. The molecule has 4 rings (SSSR count). The van der Waals surface area contributed by atoms with E-state index < -0.39 is 10.0 Å². The van der Waals surface area contributed by atoms with Gasteiger partial charge in [0.05, 0.1) is 17.1 Å². The van der Waals surface area contributed by atoms with Crippen LogP contribution in [0, 0.1) is 6.92 Å². The molecule has 0 fully saturated rings. The summed E-state index contributed by atoms with van der Waals surface area (Å²) < 4.78 is 34.1. The third kappa shape index (κ3) is 6.52. The molecule has 4 aromatic carbocycles. The predicted molar refractivity (Wildman–Crippen MR) is 141 cm³/mol. The van der Waals surface area contributed by atoms with Crippen molar-refractivity contribution in [2.75, 3.05) is 10.9 Å². The second kappa shape index (κ2) is 11.6. The highest BCUT2D eigenvalue weighted by atomic mass is 32.2. The van der Waals surface area contributed by atoms with Crippen molar-refractivity contribution < 1.29 is 17.9 Å². The van der Waals surface area contributed by atoms with Crippen LogP contribution in [0.2, 0.25) is 0 Å². The largest absolute Gasteiger partial charge is 0.484 e. The van der Waals surface area contributed by atoms with Gasteiger partial charge in [-0.25, -0.2) is 8.42 Å². The lowest BCUT2D eigenvalue weighted by molar-refractivity contribution is -0.123. The number of nitrogens with zero attached hydrogens (tertiary/aromatic N) is 1. The summed E-state index contributed by atoms with van der Waals surface area (Å²) in [5, 5.41) is 2.82. The van der Waals surface area contributed by atoms with Crippen molar-refractivity contribution in [3.63, 3.8) is 0 Å². The zero-order valence-corrected chi connectivity index (χ0v) is 20.8. The van der Waals surface area contributed by atoms with E-state index in [0.717, 1.165) is 16.7 Å². The third-order valence-electron chi connectivity index (χ3n) is 5.61. The van der Waals surface area contributed by atoms with Crippen LogP contribution in [0.1, 0.15) is 16.7 Å². The van der Waals surface area contributed by atoms with E-state index in [1.54, 1.807) is 48.5 Å². The summed E-state index contributed by atoms with van der Waals surface area (Å²) in [5.41, 5.74) is 3.35. The van der Waals surface area contributed by atoms with Crippen molar-refractivity contribution in [3.05, 3.63) is 126 Å². The molecule has 7 heteroatoms. The molecular formula is C29H28N2O4S. The molecule has 1 N–H and O–H groups in total. The Kier molecular flexibility index (Phi) is 8.02. The molecule has 0 aromatic heterocycles. The summed E-state index contributed by atoms with van der Waals surface area (Å²) >= 11 is 0. The van der Waals surface area contributed by atoms with E-state index >= 15 is 0 Å². The average molecular weight is 501 g/mol. The van der Waals surface area contributed by atoms with Crippen molar-refractivity contribution in [2.45, 2.75) is 24.9 Å². The van der Waals surface area contributed by atoms with Crippen molar-refractivity contribution in [3.8, 4) is 5.75 Å². The van der Waals surface area contributed by atoms with Gasteiger partial charge < -0.3 is 10.1 Å². The van der Waals surface area contributed by atoms with Crippen LogP contribution >= 0.6 is 0 Å². The SMILES string of the molecule is Cc1ccc(S(=O)(=O)N(Cc2ccccc2)c2ccc(OCC(=O)NCc3ccccc3)cc2)cc1. The molecule has 0 heterocycles. The highest BCUT2D eigenvalue weighted by Crippen LogP contribution is 2.28. The molecule has 0 aliphatic heterocycles. The fourth-order valence-electron chi connectivity index (χ4n) is 3.61. The minimum atomic E-state index is -3.81. The molecule has 0 spiro atoms. The number of aryl methyl sites for hydroxylation is 1. The fourth-order valence-corrected chi connectivity index (χ4v) is 5.06. The minimum Gasteiger partial charge on any atom is -0.484 e. The molecular weight excluding hydrogens is 472 g/mol. The molecule has 4 aromatic rings. The number of benzene rings is 4. The lowest BCUT2D eigenvalue weighted by atomic mass is 10.2. The maximum absolute atomic E-state index is 13.6. The molecule has 0 radical (unpaired) electrons. The molecule has 36 heavy (non-hydrogen) atoms. The van der Waals surface area contributed by atoms with Crippen LogP contribution in [0.5, 0.6) is 5.75 Å². The van der Waals surface area contributed by atoms with Gasteiger partial charge in [0.1, 0.15) is 5.75 Å². The van der Waals surface area contributed by atoms with Gasteiger partial charge in [-0.05, 0) is 54.4 Å². The maximum Gasteiger partial charge on any atom is 0.264 e. The Hall–Kier alpha value is -4.10. The first-order valence-electron chi connectivity index (χ1n) is 11.6. The van der Waals surface area contributed by atoms with Gasteiger partial charge in [0.25, 0.3) is 15.9 Å². The molecule has 0 unspecified atom stereocenters. The molecule has 0 aliphatic rings. The smallest absolute Gasteiger partial charge is 0.264 e. The Morgan fingerprint density at radius 3 is 1.97 bits per heavy atom. The van der Waals surface area contributed by atoms with Crippen LogP contribution in [0.3, 0.4) is 0 Å². The van der Waals surface area contributed by atoms with E-state index in [2.05, 4.69) is 5.32 Å². The number of hydrogen-bond donors (Lipinski definition) is 1. The molecule has 0 aliphatic carbocycles. The first-order chi connectivity index (χ1) is 17.4. The number of amides is 1. The lowest BCUT2D eigenvalue weighted by Crippen LogP contribution is -2.30. The number of carbonyl (C=O) groups excluding carboxylic acids is 1. The number of sulfonamides is 1. The third-order valence-corrected chi connectivity index (χ3v) is 7.39. The molecule has 184 valence electrons. The molecule has 6 nitrogen and oxygen atoms in total. The van der Waals surface area contributed by atoms with Crippen molar-refractivity contribution in [1.29, 1.82) is 0 Å². The van der Waals surface area contributed by atoms with E-state index in [4.69, 9.17) is 4.74 Å². The van der Waals surface area contributed by atoms with Gasteiger partial charge in [-0.2, -0.15) is 0 Å². The topological polar surface area (TPSA) is 75.7 Å². The highest BCUT2D eigenvalue weighted by molar-refractivity contribution is 7.92. The maximum atomic E-state index is 13.6. The van der Waals surface area contributed by atoms with Crippen molar-refractivity contribution in [1.82, 2.24) is 5.32 Å². The monoisotopic (exact) mass is 500 g/mol. The van der Waals surface area contributed by atoms with E-state index in [0.29, 0.717) is 18.0 Å². The highest BCUT2D eigenvalue weighted by Gasteiger charge is 2.25. The van der Waals surface area contributed by atoms with Gasteiger partial charge in [0, 0.05) is 6.54 Å². The van der Waals surface area contributed by atoms with E-state index in [-0.39, 0.29) is 24.0 Å². The van der Waals surface area contributed by atoms with Crippen molar-refractivity contribution in [2.24, 2.45) is 0 Å². The minimum absolute atomic E-state index is 0.137. The molecule has 0 atom stereocenters. The number of nitrogens with one attached hydrogen (secondary N) is 1. The zero-order chi connectivity index (χ0) is 25.4. The summed E-state index contributed by atoms with van der Waals surface area (Å²) in [6, 6.07) is 32.6. The second-order valence-electron chi connectivity index (χ2n) is 8.36. The summed E-state index contributed by atoms with van der Waals surface area (Å²) in [7, 11) is -3.81. The Morgan fingerprint density at radius 2 is 1.36 bits per heavy atom. The van der Waals surface area contributed by atoms with Crippen LogP contribution < -0.4 is 14.4 Å². The van der Waals surface area contributed by atoms with Gasteiger partial charge in [-0.15, -0.1) is 0 Å². The van der Waals surface area contributed by atoms with E-state index in [1.807, 2.05) is 67.6 Å². The standard InChI is InChI=1S/C29H28N2O4S/c1-23-12-18-28(19-13-23)36(33,34)31(21-25-10-6-3-7-11-25)26-14-16-27(17-15-26)35-22-29(32)30-20-24-8-4-2-5-9-24/h2-19H,20-22H2,1H3,(H,30,32). The fraction of sp³-hybridized carbons (Fsp3) is 0.138. The summed E-state index contributed by atoms with van der Waals surface area (Å²) in [4.78, 5) is 12.4. The number of hydrogen-bond acceptors (Lipinski definition) is 4. The van der Waals surface area contributed by atoms with Crippen molar-refractivity contribution >= 4 is 21.6 Å². The van der Waals surface area contributed by atoms with Crippen LogP contribution in [-0.4, -0.2) is 20.9 Å². The summed E-state index contributed by atoms with van der Waals surface area (Å²) in [6.07, 6.45) is 0. The zero-order valence-electron chi connectivity index (χ0n) is 20.0. The molecule has 0 bridgehead atoms. The van der Waals surface area contributed by atoms with Crippen LogP contribution in [-0.2, 0) is 27.9 Å². The first-order valence-corrected chi connectivity index (χ1v) is 13.0. The molecule has 1 amide bonds.